The minimum absolute atomic E-state index is 0.172. The van der Waals surface area contributed by atoms with E-state index in [1.165, 1.54) is 6.33 Å². The van der Waals surface area contributed by atoms with Gasteiger partial charge in [-0.25, -0.2) is 18.1 Å². The van der Waals surface area contributed by atoms with E-state index in [1.807, 2.05) is 4.68 Å². The molecule has 0 fully saturated rings. The maximum absolute atomic E-state index is 11.3. The van der Waals surface area contributed by atoms with Crippen LogP contribution in [0.25, 0.3) is 0 Å². The fourth-order valence-electron chi connectivity index (χ4n) is 1.40. The fraction of sp³-hybridized carbons (Fsp3) is 0.800. The molecule has 0 saturated carbocycles. The van der Waals surface area contributed by atoms with Crippen LogP contribution in [0.15, 0.2) is 6.33 Å². The second kappa shape index (κ2) is 6.70. The molecule has 6 nitrogen and oxygen atoms in total. The first-order valence-electron chi connectivity index (χ1n) is 5.87. The number of aromatic nitrogens is 3. The quantitative estimate of drug-likeness (QED) is 0.676. The predicted octanol–water partition coefficient (Wildman–Crippen LogP) is 0.212. The number of rotatable bonds is 8. The summed E-state index contributed by atoms with van der Waals surface area (Å²) in [6.45, 7) is 5.58. The molecular weight excluding hydrogens is 240 g/mol. The summed E-state index contributed by atoms with van der Waals surface area (Å²) in [6.07, 6.45) is 2.52. The Labute approximate surface area is 102 Å². The van der Waals surface area contributed by atoms with Crippen molar-refractivity contribution in [3.8, 4) is 0 Å². The van der Waals surface area contributed by atoms with Crippen LogP contribution in [0.3, 0.4) is 0 Å². The molecular formula is C10H20N4O2S. The molecule has 0 amide bonds. The van der Waals surface area contributed by atoms with E-state index < -0.39 is 9.84 Å². The monoisotopic (exact) mass is 260 g/mol. The minimum Gasteiger partial charge on any atom is -0.309 e. The molecule has 1 rings (SSSR count). The maximum atomic E-state index is 11.3. The van der Waals surface area contributed by atoms with Crippen LogP contribution >= 0.6 is 0 Å². The predicted molar refractivity (Wildman–Crippen MR) is 66.3 cm³/mol. The molecule has 0 saturated heterocycles. The molecule has 17 heavy (non-hydrogen) atoms. The summed E-state index contributed by atoms with van der Waals surface area (Å²) in [5.41, 5.74) is 0. The smallest absolute Gasteiger partial charge is 0.151 e. The minimum atomic E-state index is -2.89. The summed E-state index contributed by atoms with van der Waals surface area (Å²) in [5.74, 6) is 1.22. The van der Waals surface area contributed by atoms with Gasteiger partial charge in [-0.05, 0) is 6.42 Å². The van der Waals surface area contributed by atoms with Crippen LogP contribution in [-0.2, 0) is 22.9 Å². The Morgan fingerprint density at radius 2 is 2.18 bits per heavy atom. The molecule has 1 aromatic rings. The molecule has 1 N–H and O–H groups in total. The van der Waals surface area contributed by atoms with Crippen LogP contribution < -0.4 is 5.32 Å². The maximum Gasteiger partial charge on any atom is 0.151 e. The number of nitrogens with zero attached hydrogens (tertiary/aromatic N) is 3. The van der Waals surface area contributed by atoms with Gasteiger partial charge in [0.05, 0.1) is 12.3 Å². The van der Waals surface area contributed by atoms with Crippen molar-refractivity contribution in [2.24, 2.45) is 0 Å². The molecule has 0 unspecified atom stereocenters. The summed E-state index contributed by atoms with van der Waals surface area (Å²) in [5, 5.41) is 7.17. The largest absolute Gasteiger partial charge is 0.309 e. The van der Waals surface area contributed by atoms with Crippen LogP contribution in [0.2, 0.25) is 0 Å². The Bertz CT molecular complexity index is 427. The molecule has 98 valence electrons. The zero-order chi connectivity index (χ0) is 12.7. The van der Waals surface area contributed by atoms with Crippen molar-refractivity contribution in [3.63, 3.8) is 0 Å². The lowest BCUT2D eigenvalue weighted by Gasteiger charge is -2.06. The highest BCUT2D eigenvalue weighted by molar-refractivity contribution is 7.91. The van der Waals surface area contributed by atoms with E-state index in [-0.39, 0.29) is 11.5 Å². The summed E-state index contributed by atoms with van der Waals surface area (Å²) >= 11 is 0. The van der Waals surface area contributed by atoms with Gasteiger partial charge in [-0.3, -0.25) is 0 Å². The first-order chi connectivity index (χ1) is 8.09. The highest BCUT2D eigenvalue weighted by Crippen LogP contribution is 1.95. The van der Waals surface area contributed by atoms with E-state index in [0.717, 1.165) is 18.8 Å². The third-order valence-corrected chi connectivity index (χ3v) is 4.15. The molecule has 0 spiro atoms. The summed E-state index contributed by atoms with van der Waals surface area (Å²) in [7, 11) is -2.89. The normalized spacial score (nSPS) is 11.9. The van der Waals surface area contributed by atoms with Crippen LogP contribution in [0.5, 0.6) is 0 Å². The highest BCUT2D eigenvalue weighted by atomic mass is 32.2. The van der Waals surface area contributed by atoms with E-state index in [0.29, 0.717) is 13.1 Å². The molecule has 0 radical (unpaired) electrons. The first kappa shape index (κ1) is 14.1. The summed E-state index contributed by atoms with van der Waals surface area (Å²) < 4.78 is 24.3. The van der Waals surface area contributed by atoms with Crippen molar-refractivity contribution >= 4 is 9.84 Å². The lowest BCUT2D eigenvalue weighted by Crippen LogP contribution is -2.25. The zero-order valence-electron chi connectivity index (χ0n) is 10.4. The Kier molecular flexibility index (Phi) is 5.57. The van der Waals surface area contributed by atoms with E-state index in [1.54, 1.807) is 6.92 Å². The standard InChI is InChI=1S/C10H20N4O2S/c1-3-6-14-10(12-9-13-14)8-11-5-7-17(15,16)4-2/h9,11H,3-8H2,1-2H3. The van der Waals surface area contributed by atoms with Crippen LogP contribution in [0, 0.1) is 0 Å². The summed E-state index contributed by atoms with van der Waals surface area (Å²) in [4.78, 5) is 4.13. The van der Waals surface area contributed by atoms with Gasteiger partial charge >= 0.3 is 0 Å². The molecule has 0 aliphatic carbocycles. The van der Waals surface area contributed by atoms with E-state index in [9.17, 15) is 8.42 Å². The van der Waals surface area contributed by atoms with Gasteiger partial charge in [-0.15, -0.1) is 0 Å². The van der Waals surface area contributed by atoms with Crippen LogP contribution in [-0.4, -0.2) is 41.2 Å². The Hall–Kier alpha value is -0.950. The topological polar surface area (TPSA) is 76.9 Å². The van der Waals surface area contributed by atoms with Crippen LogP contribution in [0.4, 0.5) is 0 Å². The fourth-order valence-corrected chi connectivity index (χ4v) is 2.14. The molecule has 0 aliphatic rings. The van der Waals surface area contributed by atoms with Gasteiger partial charge in [0.1, 0.15) is 12.2 Å². The van der Waals surface area contributed by atoms with Gasteiger partial charge in [0.2, 0.25) is 0 Å². The van der Waals surface area contributed by atoms with Gasteiger partial charge < -0.3 is 5.32 Å². The first-order valence-corrected chi connectivity index (χ1v) is 7.69. The van der Waals surface area contributed by atoms with E-state index >= 15 is 0 Å². The van der Waals surface area contributed by atoms with Crippen molar-refractivity contribution in [1.82, 2.24) is 20.1 Å². The third kappa shape index (κ3) is 4.82. The summed E-state index contributed by atoms with van der Waals surface area (Å²) in [6, 6.07) is 0. The molecule has 0 bridgehead atoms. The van der Waals surface area contributed by atoms with Gasteiger partial charge in [-0.1, -0.05) is 13.8 Å². The Morgan fingerprint density at radius 1 is 1.41 bits per heavy atom. The molecule has 1 aromatic heterocycles. The van der Waals surface area contributed by atoms with Crippen molar-refractivity contribution in [1.29, 1.82) is 0 Å². The zero-order valence-corrected chi connectivity index (χ0v) is 11.2. The Balaban J connectivity index is 2.33. The van der Waals surface area contributed by atoms with Gasteiger partial charge in [0.15, 0.2) is 9.84 Å². The second-order valence-corrected chi connectivity index (χ2v) is 6.29. The van der Waals surface area contributed by atoms with Gasteiger partial charge in [0.25, 0.3) is 0 Å². The molecule has 7 heteroatoms. The lowest BCUT2D eigenvalue weighted by atomic mass is 10.4. The van der Waals surface area contributed by atoms with Crippen molar-refractivity contribution in [3.05, 3.63) is 12.2 Å². The average Bonchev–Trinajstić information content (AvgIpc) is 2.73. The average molecular weight is 260 g/mol. The highest BCUT2D eigenvalue weighted by Gasteiger charge is 2.07. The number of hydrogen-bond donors (Lipinski definition) is 1. The Morgan fingerprint density at radius 3 is 2.82 bits per heavy atom. The van der Waals surface area contributed by atoms with Crippen molar-refractivity contribution in [2.75, 3.05) is 18.1 Å². The number of hydrogen-bond acceptors (Lipinski definition) is 5. The molecule has 0 atom stereocenters. The number of nitrogens with one attached hydrogen (secondary N) is 1. The van der Waals surface area contributed by atoms with E-state index in [4.69, 9.17) is 0 Å². The van der Waals surface area contributed by atoms with E-state index in [2.05, 4.69) is 22.3 Å². The van der Waals surface area contributed by atoms with Gasteiger partial charge in [-0.2, -0.15) is 5.10 Å². The molecule has 0 aromatic carbocycles. The third-order valence-electron chi connectivity index (χ3n) is 2.44. The lowest BCUT2D eigenvalue weighted by molar-refractivity contribution is 0.545. The van der Waals surface area contributed by atoms with Gasteiger partial charge in [0, 0.05) is 18.8 Å². The van der Waals surface area contributed by atoms with Crippen molar-refractivity contribution < 1.29 is 8.42 Å². The molecule has 1 heterocycles. The number of sulfone groups is 1. The van der Waals surface area contributed by atoms with Crippen molar-refractivity contribution in [2.45, 2.75) is 33.4 Å². The SMILES string of the molecule is CCCn1ncnc1CNCCS(=O)(=O)CC. The molecule has 0 aliphatic heterocycles. The second-order valence-electron chi connectivity index (χ2n) is 3.81. The van der Waals surface area contributed by atoms with Crippen LogP contribution in [0.1, 0.15) is 26.1 Å². The number of aryl methyl sites for hydroxylation is 1.